The van der Waals surface area contributed by atoms with Crippen LogP contribution in [0.4, 0.5) is 0 Å². The van der Waals surface area contributed by atoms with Gasteiger partial charge in [0.1, 0.15) is 22.9 Å². The van der Waals surface area contributed by atoms with Gasteiger partial charge in [0.2, 0.25) is 0 Å². The van der Waals surface area contributed by atoms with Gasteiger partial charge >= 0.3 is 0 Å². The number of unbranched alkanes of at least 4 members (excludes halogenated alkanes) is 9. The maximum Gasteiger partial charge on any atom is 0.119 e. The first kappa shape index (κ1) is 26.2. The van der Waals surface area contributed by atoms with Gasteiger partial charge in [-0.3, -0.25) is 0 Å². The maximum absolute atomic E-state index is 5.87. The minimum atomic E-state index is 0.785. The van der Waals surface area contributed by atoms with E-state index in [2.05, 4.69) is 19.2 Å². The number of rotatable bonds is 17. The highest BCUT2D eigenvalue weighted by atomic mass is 32.1. The lowest BCUT2D eigenvalue weighted by molar-refractivity contribution is 0.303. The van der Waals surface area contributed by atoms with Crippen molar-refractivity contribution in [2.75, 3.05) is 13.2 Å². The van der Waals surface area contributed by atoms with Gasteiger partial charge in [0.05, 0.1) is 13.2 Å². The summed E-state index contributed by atoms with van der Waals surface area (Å²) in [5.41, 5.74) is 4.00. The molecule has 0 fully saturated rings. The topological polar surface area (TPSA) is 70.0 Å². The van der Waals surface area contributed by atoms with E-state index in [0.717, 1.165) is 60.1 Å². The van der Waals surface area contributed by atoms with E-state index in [-0.39, 0.29) is 0 Å². The Morgan fingerprint density at radius 1 is 0.472 bits per heavy atom. The number of nitrogens with zero attached hydrogens (tertiary/aromatic N) is 4. The molecule has 0 amide bonds. The first-order valence-corrected chi connectivity index (χ1v) is 14.6. The van der Waals surface area contributed by atoms with Gasteiger partial charge in [-0.15, -0.1) is 10.2 Å². The van der Waals surface area contributed by atoms with Gasteiger partial charge < -0.3 is 9.47 Å². The summed E-state index contributed by atoms with van der Waals surface area (Å²) in [5, 5.41) is 12.1. The van der Waals surface area contributed by atoms with Crippen molar-refractivity contribution in [1.82, 2.24) is 19.2 Å². The maximum atomic E-state index is 5.87. The predicted molar refractivity (Wildman–Crippen MR) is 148 cm³/mol. The van der Waals surface area contributed by atoms with Crippen LogP contribution in [0, 0.1) is 0 Å². The lowest BCUT2D eigenvalue weighted by atomic mass is 10.1. The Morgan fingerprint density at radius 3 is 1.17 bits per heavy atom. The lowest BCUT2D eigenvalue weighted by Crippen LogP contribution is -1.97. The molecule has 36 heavy (non-hydrogen) atoms. The second kappa shape index (κ2) is 15.3. The summed E-state index contributed by atoms with van der Waals surface area (Å²) in [5.74, 6) is 1.85. The molecule has 0 spiro atoms. The molecule has 4 rings (SSSR count). The van der Waals surface area contributed by atoms with E-state index < -0.39 is 0 Å². The van der Waals surface area contributed by atoms with Gasteiger partial charge in [0.25, 0.3) is 0 Å². The number of aromatic nitrogens is 4. The van der Waals surface area contributed by atoms with Crippen molar-refractivity contribution in [2.45, 2.75) is 64.2 Å². The monoisotopic (exact) mass is 522 g/mol. The smallest absolute Gasteiger partial charge is 0.119 e. The molecule has 2 aromatic heterocycles. The quantitative estimate of drug-likeness (QED) is 0.131. The molecule has 2 heterocycles. The van der Waals surface area contributed by atoms with Gasteiger partial charge in [-0.05, 0) is 84.4 Å². The van der Waals surface area contributed by atoms with Crippen molar-refractivity contribution in [3.05, 3.63) is 59.3 Å². The molecule has 0 aliphatic rings. The third-order valence-corrected chi connectivity index (χ3v) is 7.11. The fourth-order valence-electron chi connectivity index (χ4n) is 4.02. The predicted octanol–water partition coefficient (Wildman–Crippen LogP) is 8.08. The third-order valence-electron chi connectivity index (χ3n) is 6.10. The lowest BCUT2D eigenvalue weighted by Gasteiger charge is -2.07. The number of benzene rings is 2. The summed E-state index contributed by atoms with van der Waals surface area (Å²) >= 11 is 2.74. The van der Waals surface area contributed by atoms with Crippen LogP contribution in [-0.4, -0.2) is 32.4 Å². The molecule has 2 aromatic carbocycles. The molecular weight excluding hydrogens is 488 g/mol. The first-order chi connectivity index (χ1) is 17.9. The van der Waals surface area contributed by atoms with Crippen LogP contribution in [-0.2, 0) is 0 Å². The molecule has 6 nitrogen and oxygen atoms in total. The molecule has 0 aliphatic heterocycles. The fraction of sp³-hybridized carbons (Fsp3) is 0.429. The Labute approximate surface area is 222 Å². The minimum absolute atomic E-state index is 0.785. The molecule has 0 atom stereocenters. The molecule has 4 aromatic rings. The van der Waals surface area contributed by atoms with Crippen LogP contribution in [0.3, 0.4) is 0 Å². The van der Waals surface area contributed by atoms with Crippen LogP contribution >= 0.6 is 23.1 Å². The van der Waals surface area contributed by atoms with Crippen LogP contribution in [0.2, 0.25) is 0 Å². The normalized spacial score (nSPS) is 11.0. The van der Waals surface area contributed by atoms with Crippen molar-refractivity contribution < 1.29 is 9.47 Å². The van der Waals surface area contributed by atoms with E-state index in [0.29, 0.717) is 0 Å². The highest BCUT2D eigenvalue weighted by Gasteiger charge is 2.03. The Hall–Kier alpha value is -2.84. The number of hydrogen-bond acceptors (Lipinski definition) is 8. The van der Waals surface area contributed by atoms with Gasteiger partial charge in [-0.1, -0.05) is 60.3 Å². The van der Waals surface area contributed by atoms with E-state index in [4.69, 9.17) is 9.47 Å². The molecule has 8 heteroatoms. The molecule has 0 unspecified atom stereocenters. The van der Waals surface area contributed by atoms with Crippen LogP contribution in [0.5, 0.6) is 11.5 Å². The Bertz CT molecular complexity index is 996. The number of ether oxygens (including phenoxy) is 2. The summed E-state index contributed by atoms with van der Waals surface area (Å²) in [6, 6.07) is 16.2. The molecule has 0 N–H and O–H groups in total. The highest BCUT2D eigenvalue weighted by molar-refractivity contribution is 7.03. The Morgan fingerprint density at radius 2 is 0.833 bits per heavy atom. The third kappa shape index (κ3) is 8.99. The van der Waals surface area contributed by atoms with Crippen molar-refractivity contribution >= 4 is 23.1 Å². The van der Waals surface area contributed by atoms with Crippen LogP contribution < -0.4 is 9.47 Å². The number of hydrogen-bond donors (Lipinski definition) is 0. The van der Waals surface area contributed by atoms with Gasteiger partial charge in [0.15, 0.2) is 0 Å². The Balaban J connectivity index is 0.923. The molecule has 0 radical (unpaired) electrons. The van der Waals surface area contributed by atoms with Crippen LogP contribution in [0.1, 0.15) is 64.2 Å². The molecule has 0 saturated carbocycles. The zero-order chi connectivity index (χ0) is 24.7. The first-order valence-electron chi connectivity index (χ1n) is 12.9. The van der Waals surface area contributed by atoms with E-state index >= 15 is 0 Å². The second-order valence-corrected chi connectivity index (χ2v) is 10.1. The molecular formula is C28H34N4O2S2. The van der Waals surface area contributed by atoms with E-state index in [1.165, 1.54) is 74.4 Å². The van der Waals surface area contributed by atoms with Crippen molar-refractivity contribution in [3.63, 3.8) is 0 Å². The molecule has 190 valence electrons. The van der Waals surface area contributed by atoms with E-state index in [1.807, 2.05) is 59.3 Å². The fourth-order valence-corrected chi connectivity index (χ4v) is 4.95. The summed E-state index contributed by atoms with van der Waals surface area (Å²) in [6.07, 6.45) is 12.6. The van der Waals surface area contributed by atoms with Crippen LogP contribution in [0.15, 0.2) is 59.3 Å². The van der Waals surface area contributed by atoms with Crippen LogP contribution in [0.25, 0.3) is 22.5 Å². The molecule has 0 bridgehead atoms. The summed E-state index contributed by atoms with van der Waals surface area (Å²) in [6.45, 7) is 1.57. The molecule has 0 aliphatic carbocycles. The molecule has 0 saturated heterocycles. The SMILES string of the molecule is c1cc(-c2csnn2)ccc1OCCCCCCCCCCCCOc1ccc(-c2csnn2)cc1. The minimum Gasteiger partial charge on any atom is -0.494 e. The van der Waals surface area contributed by atoms with Gasteiger partial charge in [-0.25, -0.2) is 0 Å². The van der Waals surface area contributed by atoms with Crippen molar-refractivity contribution in [3.8, 4) is 34.0 Å². The highest BCUT2D eigenvalue weighted by Crippen LogP contribution is 2.22. The Kier molecular flexibility index (Phi) is 11.2. The van der Waals surface area contributed by atoms with E-state index in [1.54, 1.807) is 0 Å². The summed E-state index contributed by atoms with van der Waals surface area (Å²) < 4.78 is 19.6. The van der Waals surface area contributed by atoms with Gasteiger partial charge in [0, 0.05) is 21.9 Å². The average Bonchev–Trinajstić information content (AvgIpc) is 3.65. The van der Waals surface area contributed by atoms with Gasteiger partial charge in [-0.2, -0.15) is 0 Å². The zero-order valence-corrected chi connectivity index (χ0v) is 22.3. The standard InChI is InChI=1S/C28H34N4O2S2/c1(3-5-7-9-19-33-25-15-11-23(12-16-25)27-21-35-31-29-27)2-4-6-8-10-20-34-26-17-13-24(14-18-26)28-22-36-32-30-28/h11-18,21-22H,1-10,19-20H2. The van der Waals surface area contributed by atoms with Crippen molar-refractivity contribution in [2.24, 2.45) is 0 Å². The summed E-state index contributed by atoms with van der Waals surface area (Å²) in [4.78, 5) is 0. The zero-order valence-electron chi connectivity index (χ0n) is 20.7. The van der Waals surface area contributed by atoms with Crippen molar-refractivity contribution in [1.29, 1.82) is 0 Å². The van der Waals surface area contributed by atoms with E-state index in [9.17, 15) is 0 Å². The average molecular weight is 523 g/mol. The summed E-state index contributed by atoms with van der Waals surface area (Å²) in [7, 11) is 0. The largest absolute Gasteiger partial charge is 0.494 e. The second-order valence-electron chi connectivity index (χ2n) is 8.86.